The molecule has 0 fully saturated rings. The molecular formula is C41H72N2O. The van der Waals surface area contributed by atoms with Gasteiger partial charge >= 0.3 is 0 Å². The number of rotatable bonds is 33. The zero-order valence-corrected chi connectivity index (χ0v) is 29.3. The van der Waals surface area contributed by atoms with Gasteiger partial charge in [0.05, 0.1) is 19.0 Å². The van der Waals surface area contributed by atoms with Crippen LogP contribution in [0.25, 0.3) is 0 Å². The van der Waals surface area contributed by atoms with Crippen LogP contribution in [0.2, 0.25) is 0 Å². The SMILES string of the molecule is CCCCC/C=C\C=C\CCCCCCCCC(CCCCCCCC/C=C\C/C=C\CCCCC)OCCn1ccnc1. The normalized spacial score (nSPS) is 13.0. The Morgan fingerprint density at radius 2 is 1.05 bits per heavy atom. The van der Waals surface area contributed by atoms with E-state index in [9.17, 15) is 0 Å². The average molecular weight is 609 g/mol. The van der Waals surface area contributed by atoms with Crippen LogP contribution in [0.4, 0.5) is 0 Å². The summed E-state index contributed by atoms with van der Waals surface area (Å²) in [5.41, 5.74) is 0. The molecule has 1 atom stereocenters. The minimum atomic E-state index is 0.421. The Bertz CT molecular complexity index is 792. The molecule has 3 nitrogen and oxygen atoms in total. The first kappa shape index (κ1) is 40.2. The summed E-state index contributed by atoms with van der Waals surface area (Å²) in [6, 6.07) is 0. The van der Waals surface area contributed by atoms with Gasteiger partial charge in [-0.2, -0.15) is 0 Å². The quantitative estimate of drug-likeness (QED) is 0.0451. The molecule has 0 aliphatic rings. The Labute approximate surface area is 274 Å². The van der Waals surface area contributed by atoms with Gasteiger partial charge < -0.3 is 9.30 Å². The molecule has 252 valence electrons. The van der Waals surface area contributed by atoms with Crippen LogP contribution in [0.3, 0.4) is 0 Å². The number of aromatic nitrogens is 2. The standard InChI is InChI=1S/C41H72N2O/c1-3-5-7-9-11-13-15-17-19-21-23-25-27-29-31-33-35-41(44-39-38-43-37-36-42-40-43)34-32-30-28-26-24-22-20-18-16-14-12-10-8-6-4-2/h11-14,16-19,36-37,40-41H,3-10,15,20-35,38-39H2,1-2H3/b13-11-,14-12-,18-16+,19-17-. The molecule has 0 bridgehead atoms. The Hall–Kier alpha value is -1.87. The minimum Gasteiger partial charge on any atom is -0.376 e. The van der Waals surface area contributed by atoms with Crippen molar-refractivity contribution < 1.29 is 4.74 Å². The van der Waals surface area contributed by atoms with Crippen molar-refractivity contribution in [1.29, 1.82) is 0 Å². The molecule has 0 N–H and O–H groups in total. The molecule has 0 aromatic carbocycles. The lowest BCUT2D eigenvalue weighted by Gasteiger charge is -2.18. The molecule has 1 rings (SSSR count). The molecule has 1 aromatic rings. The van der Waals surface area contributed by atoms with Crippen molar-refractivity contribution >= 4 is 0 Å². The molecule has 1 unspecified atom stereocenters. The number of hydrogen-bond donors (Lipinski definition) is 0. The van der Waals surface area contributed by atoms with Crippen LogP contribution in [0.1, 0.15) is 174 Å². The van der Waals surface area contributed by atoms with E-state index in [-0.39, 0.29) is 0 Å². The molecule has 44 heavy (non-hydrogen) atoms. The van der Waals surface area contributed by atoms with Crippen molar-refractivity contribution in [2.24, 2.45) is 0 Å². The maximum atomic E-state index is 6.38. The molecule has 0 aliphatic heterocycles. The van der Waals surface area contributed by atoms with Crippen molar-refractivity contribution in [3.8, 4) is 0 Å². The van der Waals surface area contributed by atoms with Gasteiger partial charge in [-0.05, 0) is 70.6 Å². The van der Waals surface area contributed by atoms with Crippen LogP contribution < -0.4 is 0 Å². The van der Waals surface area contributed by atoms with Crippen molar-refractivity contribution in [2.45, 2.75) is 187 Å². The predicted octanol–water partition coefficient (Wildman–Crippen LogP) is 13.3. The fraction of sp³-hybridized carbons (Fsp3) is 0.732. The van der Waals surface area contributed by atoms with Crippen LogP contribution in [0, 0.1) is 0 Å². The van der Waals surface area contributed by atoms with E-state index < -0.39 is 0 Å². The van der Waals surface area contributed by atoms with E-state index in [4.69, 9.17) is 4.74 Å². The van der Waals surface area contributed by atoms with E-state index in [0.717, 1.165) is 19.6 Å². The number of ether oxygens (including phenoxy) is 1. The second-order valence-electron chi connectivity index (χ2n) is 12.7. The van der Waals surface area contributed by atoms with Gasteiger partial charge in [-0.3, -0.25) is 0 Å². The van der Waals surface area contributed by atoms with Crippen LogP contribution in [0.5, 0.6) is 0 Å². The van der Waals surface area contributed by atoms with Gasteiger partial charge in [-0.25, -0.2) is 4.98 Å². The molecule has 0 saturated heterocycles. The number of hydrogen-bond acceptors (Lipinski definition) is 2. The summed E-state index contributed by atoms with van der Waals surface area (Å²) in [7, 11) is 0. The zero-order chi connectivity index (χ0) is 31.4. The Balaban J connectivity index is 2.07. The first-order chi connectivity index (χ1) is 21.9. The van der Waals surface area contributed by atoms with Crippen molar-refractivity contribution in [1.82, 2.24) is 9.55 Å². The highest BCUT2D eigenvalue weighted by atomic mass is 16.5. The molecular weight excluding hydrogens is 536 g/mol. The number of nitrogens with zero attached hydrogens (tertiary/aromatic N) is 2. The third-order valence-electron chi connectivity index (χ3n) is 8.49. The van der Waals surface area contributed by atoms with E-state index in [1.54, 1.807) is 0 Å². The summed E-state index contributed by atoms with van der Waals surface area (Å²) in [5, 5.41) is 0. The van der Waals surface area contributed by atoms with E-state index in [1.807, 2.05) is 18.7 Å². The van der Waals surface area contributed by atoms with Gasteiger partial charge in [0.25, 0.3) is 0 Å². The minimum absolute atomic E-state index is 0.421. The smallest absolute Gasteiger partial charge is 0.0946 e. The molecule has 1 heterocycles. The van der Waals surface area contributed by atoms with Crippen molar-refractivity contribution in [2.75, 3.05) is 6.61 Å². The third kappa shape index (κ3) is 28.9. The molecule has 3 heteroatoms. The molecule has 0 radical (unpaired) electrons. The lowest BCUT2D eigenvalue weighted by molar-refractivity contribution is 0.0333. The van der Waals surface area contributed by atoms with E-state index in [0.29, 0.717) is 6.10 Å². The van der Waals surface area contributed by atoms with Gasteiger partial charge in [0, 0.05) is 18.9 Å². The Morgan fingerprint density at radius 1 is 0.568 bits per heavy atom. The zero-order valence-electron chi connectivity index (χ0n) is 29.3. The highest BCUT2D eigenvalue weighted by molar-refractivity contribution is 5.02. The second kappa shape index (κ2) is 34.0. The van der Waals surface area contributed by atoms with Crippen LogP contribution >= 0.6 is 0 Å². The lowest BCUT2D eigenvalue weighted by Crippen LogP contribution is -2.16. The summed E-state index contributed by atoms with van der Waals surface area (Å²) in [6.45, 7) is 6.24. The number of allylic oxidation sites excluding steroid dienone is 8. The summed E-state index contributed by atoms with van der Waals surface area (Å²) in [6.07, 6.45) is 57.4. The highest BCUT2D eigenvalue weighted by Gasteiger charge is 2.09. The topological polar surface area (TPSA) is 27.1 Å². The van der Waals surface area contributed by atoms with Crippen molar-refractivity contribution in [3.63, 3.8) is 0 Å². The van der Waals surface area contributed by atoms with Crippen LogP contribution in [-0.2, 0) is 11.3 Å². The largest absolute Gasteiger partial charge is 0.376 e. The summed E-state index contributed by atoms with van der Waals surface area (Å²) < 4.78 is 8.51. The van der Waals surface area contributed by atoms with E-state index in [1.165, 1.54) is 154 Å². The van der Waals surface area contributed by atoms with Gasteiger partial charge in [-0.1, -0.05) is 152 Å². The molecule has 0 spiro atoms. The molecule has 1 aromatic heterocycles. The molecule has 0 saturated carbocycles. The van der Waals surface area contributed by atoms with Gasteiger partial charge in [0.1, 0.15) is 0 Å². The Morgan fingerprint density at radius 3 is 1.55 bits per heavy atom. The lowest BCUT2D eigenvalue weighted by atomic mass is 10.0. The van der Waals surface area contributed by atoms with Crippen LogP contribution in [-0.4, -0.2) is 22.3 Å². The van der Waals surface area contributed by atoms with Crippen molar-refractivity contribution in [3.05, 3.63) is 67.3 Å². The Kier molecular flexibility index (Phi) is 31.0. The predicted molar refractivity (Wildman–Crippen MR) is 195 cm³/mol. The summed E-state index contributed by atoms with van der Waals surface area (Å²) in [5.74, 6) is 0. The maximum Gasteiger partial charge on any atom is 0.0946 e. The molecule has 0 amide bonds. The summed E-state index contributed by atoms with van der Waals surface area (Å²) in [4.78, 5) is 4.16. The van der Waals surface area contributed by atoms with Crippen LogP contribution in [0.15, 0.2) is 67.3 Å². The first-order valence-electron chi connectivity index (χ1n) is 19.1. The monoisotopic (exact) mass is 609 g/mol. The van der Waals surface area contributed by atoms with Gasteiger partial charge in [-0.15, -0.1) is 0 Å². The van der Waals surface area contributed by atoms with E-state index >= 15 is 0 Å². The number of unbranched alkanes of at least 4 members (excludes halogenated alkanes) is 18. The third-order valence-corrected chi connectivity index (χ3v) is 8.49. The fourth-order valence-corrected chi connectivity index (χ4v) is 5.62. The van der Waals surface area contributed by atoms with Gasteiger partial charge in [0.15, 0.2) is 0 Å². The highest BCUT2D eigenvalue weighted by Crippen LogP contribution is 2.17. The first-order valence-corrected chi connectivity index (χ1v) is 19.1. The maximum absolute atomic E-state index is 6.38. The molecule has 0 aliphatic carbocycles. The van der Waals surface area contributed by atoms with Gasteiger partial charge in [0.2, 0.25) is 0 Å². The number of imidazole rings is 1. The fourth-order valence-electron chi connectivity index (χ4n) is 5.62. The van der Waals surface area contributed by atoms with E-state index in [2.05, 4.69) is 72.0 Å². The summed E-state index contributed by atoms with van der Waals surface area (Å²) >= 11 is 0. The average Bonchev–Trinajstić information content (AvgIpc) is 3.56. The second-order valence-corrected chi connectivity index (χ2v) is 12.7.